The molecule has 0 unspecified atom stereocenters. The van der Waals surface area contributed by atoms with Crippen molar-refractivity contribution in [3.05, 3.63) is 48.0 Å². The average Bonchev–Trinajstić information content (AvgIpc) is 2.74. The molecule has 0 spiro atoms. The van der Waals surface area contributed by atoms with E-state index in [1.807, 2.05) is 48.5 Å². The lowest BCUT2D eigenvalue weighted by Gasteiger charge is -1.90. The van der Waals surface area contributed by atoms with Gasteiger partial charge in [0, 0.05) is 22.3 Å². The van der Waals surface area contributed by atoms with E-state index in [1.165, 1.54) is 0 Å². The van der Waals surface area contributed by atoms with Crippen LogP contribution in [0.2, 0.25) is 0 Å². The molecular formula is C15H7NO. The van der Waals surface area contributed by atoms with Crippen LogP contribution in [0.3, 0.4) is 0 Å². The molecule has 0 aliphatic heterocycles. The summed E-state index contributed by atoms with van der Waals surface area (Å²) in [6.45, 7) is 0. The Balaban J connectivity index is 2.34. The second-order valence-corrected chi connectivity index (χ2v) is 3.67. The zero-order valence-corrected chi connectivity index (χ0v) is 8.90. The van der Waals surface area contributed by atoms with Gasteiger partial charge in [-0.25, -0.2) is 0 Å². The van der Waals surface area contributed by atoms with Crippen LogP contribution in [-0.2, 0) is 0 Å². The highest BCUT2D eigenvalue weighted by molar-refractivity contribution is 6.05. The van der Waals surface area contributed by atoms with E-state index in [4.69, 9.17) is 9.68 Å². The first kappa shape index (κ1) is 9.51. The molecule has 1 heterocycles. The van der Waals surface area contributed by atoms with E-state index in [2.05, 4.69) is 11.8 Å². The molecule has 0 atom stereocenters. The van der Waals surface area contributed by atoms with Crippen molar-refractivity contribution in [2.24, 2.45) is 0 Å². The molecule has 0 saturated heterocycles. The van der Waals surface area contributed by atoms with Crippen LogP contribution in [0.1, 0.15) is 5.56 Å². The minimum atomic E-state index is 0.825. The molecule has 2 nitrogen and oxygen atoms in total. The molecule has 17 heavy (non-hydrogen) atoms. The van der Waals surface area contributed by atoms with Crippen LogP contribution in [0.15, 0.2) is 46.9 Å². The Labute approximate surface area is 98.1 Å². The number of hydrogen-bond acceptors (Lipinski definition) is 2. The summed E-state index contributed by atoms with van der Waals surface area (Å²) in [6, 6.07) is 15.4. The molecule has 0 amide bonds. The topological polar surface area (TPSA) is 36.9 Å². The van der Waals surface area contributed by atoms with E-state index < -0.39 is 0 Å². The number of nitriles is 1. The number of para-hydroxylation sites is 1. The van der Waals surface area contributed by atoms with Gasteiger partial charge in [-0.05, 0) is 24.3 Å². The lowest BCUT2D eigenvalue weighted by atomic mass is 10.1. The summed E-state index contributed by atoms with van der Waals surface area (Å²) in [6.07, 6.45) is 0. The molecule has 2 aromatic carbocycles. The molecule has 0 aliphatic carbocycles. The zero-order chi connectivity index (χ0) is 11.7. The maximum atomic E-state index is 8.43. The lowest BCUT2D eigenvalue weighted by Crippen LogP contribution is -1.73. The van der Waals surface area contributed by atoms with E-state index in [1.54, 1.807) is 0 Å². The molecule has 0 saturated carbocycles. The zero-order valence-electron chi connectivity index (χ0n) is 8.90. The lowest BCUT2D eigenvalue weighted by molar-refractivity contribution is 0.669. The molecule has 0 bridgehead atoms. The molecule has 3 aromatic rings. The normalized spacial score (nSPS) is 9.82. The fourth-order valence-corrected chi connectivity index (χ4v) is 1.90. The Morgan fingerprint density at radius 3 is 2.65 bits per heavy atom. The van der Waals surface area contributed by atoms with Gasteiger partial charge in [-0.1, -0.05) is 24.1 Å². The Morgan fingerprint density at radius 2 is 1.76 bits per heavy atom. The fourth-order valence-electron chi connectivity index (χ4n) is 1.90. The second kappa shape index (κ2) is 3.70. The van der Waals surface area contributed by atoms with Gasteiger partial charge < -0.3 is 4.42 Å². The van der Waals surface area contributed by atoms with Crippen LogP contribution in [0.4, 0.5) is 0 Å². The Bertz CT molecular complexity index is 809. The van der Waals surface area contributed by atoms with E-state index in [0.717, 1.165) is 27.5 Å². The van der Waals surface area contributed by atoms with Crippen LogP contribution in [0.5, 0.6) is 0 Å². The van der Waals surface area contributed by atoms with Gasteiger partial charge in [-0.15, -0.1) is 0 Å². The number of furan rings is 1. The van der Waals surface area contributed by atoms with Gasteiger partial charge in [-0.3, -0.25) is 0 Å². The van der Waals surface area contributed by atoms with Gasteiger partial charge in [-0.2, -0.15) is 5.26 Å². The number of rotatable bonds is 0. The van der Waals surface area contributed by atoms with Crippen molar-refractivity contribution < 1.29 is 4.42 Å². The fraction of sp³-hybridized carbons (Fsp3) is 0. The van der Waals surface area contributed by atoms with E-state index in [-0.39, 0.29) is 0 Å². The summed E-state index contributed by atoms with van der Waals surface area (Å²) in [4.78, 5) is 0. The highest BCUT2D eigenvalue weighted by Gasteiger charge is 2.05. The van der Waals surface area contributed by atoms with Crippen molar-refractivity contribution in [2.45, 2.75) is 0 Å². The van der Waals surface area contributed by atoms with Gasteiger partial charge in [0.1, 0.15) is 11.2 Å². The Morgan fingerprint density at radius 1 is 0.941 bits per heavy atom. The monoisotopic (exact) mass is 217 g/mol. The minimum absolute atomic E-state index is 0.825. The largest absolute Gasteiger partial charge is 0.456 e. The summed E-state index contributed by atoms with van der Waals surface area (Å²) in [5.41, 5.74) is 2.53. The molecule has 2 heteroatoms. The van der Waals surface area contributed by atoms with E-state index in [9.17, 15) is 0 Å². The first-order valence-electron chi connectivity index (χ1n) is 5.20. The third kappa shape index (κ3) is 1.53. The van der Waals surface area contributed by atoms with Crippen molar-refractivity contribution in [3.8, 4) is 17.9 Å². The van der Waals surface area contributed by atoms with Crippen LogP contribution < -0.4 is 0 Å². The van der Waals surface area contributed by atoms with E-state index in [0.29, 0.717) is 0 Å². The minimum Gasteiger partial charge on any atom is -0.456 e. The van der Waals surface area contributed by atoms with Gasteiger partial charge in [0.05, 0.1) is 0 Å². The first-order chi connectivity index (χ1) is 8.38. The van der Waals surface area contributed by atoms with Crippen molar-refractivity contribution >= 4 is 21.9 Å². The molecule has 0 radical (unpaired) electrons. The smallest absolute Gasteiger partial charge is 0.152 e. The molecule has 78 valence electrons. The molecule has 0 N–H and O–H groups in total. The van der Waals surface area contributed by atoms with Gasteiger partial charge in [0.15, 0.2) is 6.07 Å². The summed E-state index contributed by atoms with van der Waals surface area (Å²) in [7, 11) is 0. The van der Waals surface area contributed by atoms with Crippen LogP contribution >= 0.6 is 0 Å². The summed E-state index contributed by atoms with van der Waals surface area (Å²) in [5, 5.41) is 10.5. The van der Waals surface area contributed by atoms with Crippen LogP contribution in [0.25, 0.3) is 21.9 Å². The van der Waals surface area contributed by atoms with Crippen molar-refractivity contribution in [1.29, 1.82) is 5.26 Å². The van der Waals surface area contributed by atoms with E-state index >= 15 is 0 Å². The maximum Gasteiger partial charge on any atom is 0.152 e. The highest BCUT2D eigenvalue weighted by atomic mass is 16.3. The average molecular weight is 217 g/mol. The highest BCUT2D eigenvalue weighted by Crippen LogP contribution is 2.28. The molecular weight excluding hydrogens is 210 g/mol. The number of benzene rings is 2. The number of hydrogen-bond donors (Lipinski definition) is 0. The SMILES string of the molecule is N#CC#Cc1ccc2oc3ccccc3c2c1. The van der Waals surface area contributed by atoms with Crippen molar-refractivity contribution in [2.75, 3.05) is 0 Å². The van der Waals surface area contributed by atoms with Gasteiger partial charge in [0.2, 0.25) is 0 Å². The van der Waals surface area contributed by atoms with Crippen molar-refractivity contribution in [3.63, 3.8) is 0 Å². The first-order valence-corrected chi connectivity index (χ1v) is 5.20. The van der Waals surface area contributed by atoms with Gasteiger partial charge in [0.25, 0.3) is 0 Å². The second-order valence-electron chi connectivity index (χ2n) is 3.67. The van der Waals surface area contributed by atoms with Gasteiger partial charge >= 0.3 is 0 Å². The molecule has 3 rings (SSSR count). The van der Waals surface area contributed by atoms with Crippen LogP contribution in [-0.4, -0.2) is 0 Å². The third-order valence-corrected chi connectivity index (χ3v) is 2.64. The standard InChI is InChI=1S/C15H7NO/c16-9-3-4-11-7-8-15-13(10-11)12-5-1-2-6-14(12)17-15/h1-2,5-8,10H. The summed E-state index contributed by atoms with van der Waals surface area (Å²) in [5.74, 6) is 5.18. The summed E-state index contributed by atoms with van der Waals surface area (Å²) < 4.78 is 5.70. The predicted octanol–water partition coefficient (Wildman–Crippen LogP) is 3.46. The maximum absolute atomic E-state index is 8.43. The third-order valence-electron chi connectivity index (χ3n) is 2.64. The predicted molar refractivity (Wildman–Crippen MR) is 66.2 cm³/mol. The Kier molecular flexibility index (Phi) is 2.07. The number of nitrogens with zero attached hydrogens (tertiary/aromatic N) is 1. The molecule has 0 aliphatic rings. The number of fused-ring (bicyclic) bond motifs is 3. The van der Waals surface area contributed by atoms with Crippen LogP contribution in [0, 0.1) is 23.2 Å². The molecule has 0 fully saturated rings. The Hall–Kier alpha value is -2.71. The summed E-state index contributed by atoms with van der Waals surface area (Å²) >= 11 is 0. The molecule has 1 aromatic heterocycles. The quantitative estimate of drug-likeness (QED) is 0.541. The van der Waals surface area contributed by atoms with Crippen molar-refractivity contribution in [1.82, 2.24) is 0 Å².